The fourth-order valence-corrected chi connectivity index (χ4v) is 2.30. The number of nitrogens with one attached hydrogen (secondary N) is 1. The highest BCUT2D eigenvalue weighted by atomic mass is 16.2. The Morgan fingerprint density at radius 1 is 1.53 bits per heavy atom. The van der Waals surface area contributed by atoms with Crippen LogP contribution >= 0.6 is 0 Å². The van der Waals surface area contributed by atoms with Gasteiger partial charge in [-0.05, 0) is 39.2 Å². The molecular formula is C13H27N3O. The second kappa shape index (κ2) is 7.67. The minimum atomic E-state index is -0.344. The van der Waals surface area contributed by atoms with E-state index in [9.17, 15) is 4.79 Å². The minimum Gasteiger partial charge on any atom is -0.355 e. The molecule has 100 valence electrons. The lowest BCUT2D eigenvalue weighted by molar-refractivity contribution is -0.122. The highest BCUT2D eigenvalue weighted by Gasteiger charge is 2.17. The number of hydrogen-bond acceptors (Lipinski definition) is 3. The highest BCUT2D eigenvalue weighted by Crippen LogP contribution is 2.15. The highest BCUT2D eigenvalue weighted by molar-refractivity contribution is 5.81. The zero-order valence-electron chi connectivity index (χ0n) is 11.2. The summed E-state index contributed by atoms with van der Waals surface area (Å²) in [6, 6.07) is 0.362. The summed E-state index contributed by atoms with van der Waals surface area (Å²) in [5, 5.41) is 2.90. The van der Waals surface area contributed by atoms with Gasteiger partial charge in [-0.1, -0.05) is 13.3 Å². The van der Waals surface area contributed by atoms with Crippen LogP contribution in [-0.2, 0) is 4.79 Å². The molecule has 1 saturated heterocycles. The van der Waals surface area contributed by atoms with Crippen molar-refractivity contribution in [1.82, 2.24) is 10.2 Å². The maximum atomic E-state index is 11.4. The predicted octanol–water partition coefficient (Wildman–Crippen LogP) is 1.10. The molecule has 1 unspecified atom stereocenters. The molecule has 0 radical (unpaired) electrons. The number of hydrogen-bond donors (Lipinski definition) is 2. The van der Waals surface area contributed by atoms with Crippen molar-refractivity contribution in [3.63, 3.8) is 0 Å². The molecular weight excluding hydrogens is 214 g/mol. The lowest BCUT2D eigenvalue weighted by Crippen LogP contribution is -2.42. The number of nitrogens with two attached hydrogens (primary N) is 1. The molecule has 17 heavy (non-hydrogen) atoms. The smallest absolute Gasteiger partial charge is 0.236 e. The third-order valence-corrected chi connectivity index (χ3v) is 3.64. The molecule has 1 rings (SSSR count). The first-order chi connectivity index (χ1) is 8.15. The van der Waals surface area contributed by atoms with Crippen LogP contribution in [0.2, 0.25) is 0 Å². The summed E-state index contributed by atoms with van der Waals surface area (Å²) in [6.45, 7) is 7.27. The molecule has 2 atom stereocenters. The van der Waals surface area contributed by atoms with Crippen molar-refractivity contribution in [3.8, 4) is 0 Å². The first-order valence-corrected chi connectivity index (χ1v) is 6.92. The summed E-state index contributed by atoms with van der Waals surface area (Å²) in [4.78, 5) is 14.0. The number of carbonyl (C=O) groups excluding carboxylic acids is 1. The molecule has 1 heterocycles. The van der Waals surface area contributed by atoms with E-state index in [1.54, 1.807) is 0 Å². The zero-order chi connectivity index (χ0) is 12.7. The Kier molecular flexibility index (Phi) is 6.52. The van der Waals surface area contributed by atoms with E-state index in [-0.39, 0.29) is 11.9 Å². The summed E-state index contributed by atoms with van der Waals surface area (Å²) < 4.78 is 0. The average molecular weight is 241 g/mol. The van der Waals surface area contributed by atoms with Gasteiger partial charge in [-0.2, -0.15) is 0 Å². The van der Waals surface area contributed by atoms with Crippen molar-refractivity contribution in [3.05, 3.63) is 0 Å². The molecule has 4 nitrogen and oxygen atoms in total. The van der Waals surface area contributed by atoms with Crippen molar-refractivity contribution in [2.24, 2.45) is 5.73 Å². The molecule has 0 aliphatic carbocycles. The fourth-order valence-electron chi connectivity index (χ4n) is 2.30. The van der Waals surface area contributed by atoms with E-state index in [0.717, 1.165) is 19.5 Å². The van der Waals surface area contributed by atoms with E-state index in [2.05, 4.69) is 17.1 Å². The second-order valence-electron chi connectivity index (χ2n) is 5.04. The van der Waals surface area contributed by atoms with Gasteiger partial charge in [0, 0.05) is 19.1 Å². The van der Waals surface area contributed by atoms with Gasteiger partial charge in [0.1, 0.15) is 0 Å². The SMILES string of the molecule is CC[C@@H](N)C(=O)NCCCN1CCCCC1C. The topological polar surface area (TPSA) is 58.4 Å². The van der Waals surface area contributed by atoms with Crippen LogP contribution in [0.1, 0.15) is 46.0 Å². The van der Waals surface area contributed by atoms with Crippen LogP contribution in [0.3, 0.4) is 0 Å². The monoisotopic (exact) mass is 241 g/mol. The molecule has 1 aliphatic rings. The Bertz CT molecular complexity index is 233. The Morgan fingerprint density at radius 3 is 2.94 bits per heavy atom. The first-order valence-electron chi connectivity index (χ1n) is 6.92. The summed E-state index contributed by atoms with van der Waals surface area (Å²) in [6.07, 6.45) is 5.71. The molecule has 4 heteroatoms. The quantitative estimate of drug-likeness (QED) is 0.685. The second-order valence-corrected chi connectivity index (χ2v) is 5.04. The number of carbonyl (C=O) groups is 1. The standard InChI is InChI=1S/C13H27N3O/c1-3-12(14)13(17)15-8-6-10-16-9-5-4-7-11(16)2/h11-12H,3-10,14H2,1-2H3,(H,15,17)/t11?,12-/m1/s1. The molecule has 0 aromatic rings. The Balaban J connectivity index is 2.09. The van der Waals surface area contributed by atoms with Crippen LogP contribution in [0.5, 0.6) is 0 Å². The summed E-state index contributed by atoms with van der Waals surface area (Å²) in [7, 11) is 0. The summed E-state index contributed by atoms with van der Waals surface area (Å²) in [5.41, 5.74) is 5.64. The van der Waals surface area contributed by atoms with Crippen LogP contribution in [0.15, 0.2) is 0 Å². The normalized spacial score (nSPS) is 23.4. The van der Waals surface area contributed by atoms with Gasteiger partial charge >= 0.3 is 0 Å². The van der Waals surface area contributed by atoms with Gasteiger partial charge in [-0.15, -0.1) is 0 Å². The number of piperidine rings is 1. The molecule has 3 N–H and O–H groups in total. The van der Waals surface area contributed by atoms with Crippen LogP contribution in [0.25, 0.3) is 0 Å². The van der Waals surface area contributed by atoms with E-state index in [4.69, 9.17) is 5.73 Å². The lowest BCUT2D eigenvalue weighted by Gasteiger charge is -2.33. The Labute approximate surface area is 105 Å². The molecule has 0 spiro atoms. The van der Waals surface area contributed by atoms with E-state index < -0.39 is 0 Å². The molecule has 0 bridgehead atoms. The van der Waals surface area contributed by atoms with Gasteiger partial charge in [-0.3, -0.25) is 4.79 Å². The number of amides is 1. The Morgan fingerprint density at radius 2 is 2.29 bits per heavy atom. The van der Waals surface area contributed by atoms with Crippen LogP contribution < -0.4 is 11.1 Å². The summed E-state index contributed by atoms with van der Waals surface area (Å²) in [5.74, 6) is -0.0146. The van der Waals surface area contributed by atoms with Gasteiger partial charge in [0.05, 0.1) is 6.04 Å². The van der Waals surface area contributed by atoms with Crippen molar-refractivity contribution in [2.45, 2.75) is 58.0 Å². The van der Waals surface area contributed by atoms with Crippen molar-refractivity contribution in [1.29, 1.82) is 0 Å². The van der Waals surface area contributed by atoms with Crippen LogP contribution in [0, 0.1) is 0 Å². The Hall–Kier alpha value is -0.610. The lowest BCUT2D eigenvalue weighted by atomic mass is 10.0. The fraction of sp³-hybridized carbons (Fsp3) is 0.923. The largest absolute Gasteiger partial charge is 0.355 e. The third-order valence-electron chi connectivity index (χ3n) is 3.64. The van der Waals surface area contributed by atoms with Gasteiger partial charge in [0.2, 0.25) is 5.91 Å². The zero-order valence-corrected chi connectivity index (χ0v) is 11.2. The van der Waals surface area contributed by atoms with E-state index in [1.165, 1.54) is 25.8 Å². The summed E-state index contributed by atoms with van der Waals surface area (Å²) >= 11 is 0. The number of nitrogens with zero attached hydrogens (tertiary/aromatic N) is 1. The maximum absolute atomic E-state index is 11.4. The maximum Gasteiger partial charge on any atom is 0.236 e. The van der Waals surface area contributed by atoms with E-state index >= 15 is 0 Å². The third kappa shape index (κ3) is 5.04. The molecule has 1 amide bonds. The molecule has 0 saturated carbocycles. The number of rotatable bonds is 6. The van der Waals surface area contributed by atoms with E-state index in [1.807, 2.05) is 6.92 Å². The van der Waals surface area contributed by atoms with Crippen LogP contribution in [-0.4, -0.2) is 42.5 Å². The average Bonchev–Trinajstić information content (AvgIpc) is 2.35. The molecule has 0 aromatic heterocycles. The van der Waals surface area contributed by atoms with Gasteiger partial charge in [0.15, 0.2) is 0 Å². The predicted molar refractivity (Wildman–Crippen MR) is 70.8 cm³/mol. The first kappa shape index (κ1) is 14.5. The van der Waals surface area contributed by atoms with Gasteiger partial charge in [-0.25, -0.2) is 0 Å². The van der Waals surface area contributed by atoms with Crippen molar-refractivity contribution < 1.29 is 4.79 Å². The van der Waals surface area contributed by atoms with Gasteiger partial charge in [0.25, 0.3) is 0 Å². The van der Waals surface area contributed by atoms with Crippen LogP contribution in [0.4, 0.5) is 0 Å². The van der Waals surface area contributed by atoms with Crippen molar-refractivity contribution in [2.75, 3.05) is 19.6 Å². The molecule has 1 fully saturated rings. The van der Waals surface area contributed by atoms with Crippen molar-refractivity contribution >= 4 is 5.91 Å². The van der Waals surface area contributed by atoms with Gasteiger partial charge < -0.3 is 16.0 Å². The molecule has 1 aliphatic heterocycles. The minimum absolute atomic E-state index is 0.0146. The number of likely N-dealkylation sites (tertiary alicyclic amines) is 1. The molecule has 0 aromatic carbocycles. The van der Waals surface area contributed by atoms with E-state index in [0.29, 0.717) is 12.5 Å².